The van der Waals surface area contributed by atoms with Crippen molar-refractivity contribution in [2.24, 2.45) is 11.7 Å². The molecule has 0 saturated heterocycles. The van der Waals surface area contributed by atoms with E-state index in [9.17, 15) is 0 Å². The molecule has 0 radical (unpaired) electrons. The molecule has 3 nitrogen and oxygen atoms in total. The summed E-state index contributed by atoms with van der Waals surface area (Å²) < 4.78 is 5.38. The molecule has 0 saturated carbocycles. The number of nitrogens with zero attached hydrogens (tertiary/aromatic N) is 1. The van der Waals surface area contributed by atoms with Crippen molar-refractivity contribution in [2.75, 3.05) is 13.7 Å². The summed E-state index contributed by atoms with van der Waals surface area (Å²) in [4.78, 5) is 4.51. The lowest BCUT2D eigenvalue weighted by Crippen LogP contribution is -2.06. The number of rotatable bonds is 6. The minimum atomic E-state index is 0.612. The average Bonchev–Trinajstić information content (AvgIpc) is 2.44. The van der Waals surface area contributed by atoms with Crippen LogP contribution in [0, 0.1) is 5.92 Å². The van der Waals surface area contributed by atoms with Crippen LogP contribution in [0.3, 0.4) is 0 Å². The molecule has 102 valence electrons. The number of fused-ring (bicyclic) bond motifs is 1. The van der Waals surface area contributed by atoms with Gasteiger partial charge < -0.3 is 10.5 Å². The van der Waals surface area contributed by atoms with Gasteiger partial charge in [0.2, 0.25) is 0 Å². The largest absolute Gasteiger partial charge is 0.497 e. The third kappa shape index (κ3) is 3.44. The summed E-state index contributed by atoms with van der Waals surface area (Å²) in [6.45, 7) is 3.03. The molecule has 1 aromatic heterocycles. The van der Waals surface area contributed by atoms with Crippen molar-refractivity contribution in [3.63, 3.8) is 0 Å². The third-order valence-corrected chi connectivity index (χ3v) is 3.46. The maximum atomic E-state index is 5.57. The highest BCUT2D eigenvalue weighted by Crippen LogP contribution is 2.26. The van der Waals surface area contributed by atoms with Crippen molar-refractivity contribution in [3.8, 4) is 5.75 Å². The number of aromatic nitrogens is 1. The van der Waals surface area contributed by atoms with Crippen LogP contribution >= 0.6 is 0 Å². The summed E-state index contributed by atoms with van der Waals surface area (Å²) in [5.41, 5.74) is 7.92. The van der Waals surface area contributed by atoms with Crippen molar-refractivity contribution in [3.05, 3.63) is 36.0 Å². The topological polar surface area (TPSA) is 48.1 Å². The van der Waals surface area contributed by atoms with Gasteiger partial charge in [-0.3, -0.25) is 4.98 Å². The second kappa shape index (κ2) is 6.53. The number of benzene rings is 1. The molecule has 0 aliphatic carbocycles. The minimum absolute atomic E-state index is 0.612. The number of nitrogens with two attached hydrogens (primary N) is 1. The Bertz CT molecular complexity index is 539. The Labute approximate surface area is 114 Å². The first-order chi connectivity index (χ1) is 9.24. The van der Waals surface area contributed by atoms with Gasteiger partial charge in [0.25, 0.3) is 0 Å². The van der Waals surface area contributed by atoms with Crippen molar-refractivity contribution < 1.29 is 4.74 Å². The molecule has 0 aliphatic heterocycles. The average molecular weight is 258 g/mol. The molecule has 2 rings (SSSR count). The SMILES string of the molecule is COc1cc(CC(C)CCCN)c2ncccc2c1. The van der Waals surface area contributed by atoms with Crippen LogP contribution in [0.25, 0.3) is 10.9 Å². The van der Waals surface area contributed by atoms with E-state index >= 15 is 0 Å². The van der Waals surface area contributed by atoms with E-state index in [-0.39, 0.29) is 0 Å². The van der Waals surface area contributed by atoms with Gasteiger partial charge in [-0.05, 0) is 55.5 Å². The van der Waals surface area contributed by atoms with E-state index in [0.29, 0.717) is 5.92 Å². The normalized spacial score (nSPS) is 12.6. The highest BCUT2D eigenvalue weighted by Gasteiger charge is 2.09. The van der Waals surface area contributed by atoms with Crippen LogP contribution in [0.1, 0.15) is 25.3 Å². The molecule has 1 atom stereocenters. The van der Waals surface area contributed by atoms with Crippen LogP contribution in [0.5, 0.6) is 5.75 Å². The van der Waals surface area contributed by atoms with Gasteiger partial charge in [0.1, 0.15) is 5.75 Å². The molecule has 1 aromatic carbocycles. The molecule has 1 unspecified atom stereocenters. The monoisotopic (exact) mass is 258 g/mol. The first-order valence-corrected chi connectivity index (χ1v) is 6.86. The lowest BCUT2D eigenvalue weighted by atomic mass is 9.95. The summed E-state index contributed by atoms with van der Waals surface area (Å²) in [5, 5.41) is 1.14. The van der Waals surface area contributed by atoms with E-state index in [2.05, 4.69) is 24.0 Å². The summed E-state index contributed by atoms with van der Waals surface area (Å²) in [7, 11) is 1.71. The molecule has 2 N–H and O–H groups in total. The second-order valence-electron chi connectivity index (χ2n) is 5.10. The standard InChI is InChI=1S/C16H22N2O/c1-12(5-3-7-17)9-14-11-15(19-2)10-13-6-4-8-18-16(13)14/h4,6,8,10-12H,3,5,7,9,17H2,1-2H3. The van der Waals surface area contributed by atoms with Crippen LogP contribution < -0.4 is 10.5 Å². The molecule has 0 amide bonds. The van der Waals surface area contributed by atoms with Gasteiger partial charge in [-0.2, -0.15) is 0 Å². The summed E-state index contributed by atoms with van der Waals surface area (Å²) in [5.74, 6) is 1.52. The molecule has 19 heavy (non-hydrogen) atoms. The molecule has 1 heterocycles. The number of hydrogen-bond acceptors (Lipinski definition) is 3. The summed E-state index contributed by atoms with van der Waals surface area (Å²) >= 11 is 0. The second-order valence-corrected chi connectivity index (χ2v) is 5.10. The molecule has 0 aliphatic rings. The van der Waals surface area contributed by atoms with E-state index < -0.39 is 0 Å². The first kappa shape index (κ1) is 13.8. The van der Waals surface area contributed by atoms with Gasteiger partial charge in [0.05, 0.1) is 12.6 Å². The predicted octanol–water partition coefficient (Wildman–Crippen LogP) is 3.16. The Morgan fingerprint density at radius 1 is 1.37 bits per heavy atom. The molecule has 0 spiro atoms. The van der Waals surface area contributed by atoms with Gasteiger partial charge in [-0.15, -0.1) is 0 Å². The summed E-state index contributed by atoms with van der Waals surface area (Å²) in [6.07, 6.45) is 5.10. The minimum Gasteiger partial charge on any atom is -0.497 e. The van der Waals surface area contributed by atoms with Gasteiger partial charge in [0, 0.05) is 11.6 Å². The first-order valence-electron chi connectivity index (χ1n) is 6.86. The molecule has 3 heteroatoms. The van der Waals surface area contributed by atoms with Crippen molar-refractivity contribution in [1.82, 2.24) is 4.98 Å². The van der Waals surface area contributed by atoms with Gasteiger partial charge in [0.15, 0.2) is 0 Å². The molecular formula is C16H22N2O. The Balaban J connectivity index is 2.29. The quantitative estimate of drug-likeness (QED) is 0.865. The number of ether oxygens (including phenoxy) is 1. The summed E-state index contributed by atoms with van der Waals surface area (Å²) in [6, 6.07) is 8.19. The van der Waals surface area contributed by atoms with Crippen molar-refractivity contribution >= 4 is 10.9 Å². The van der Waals surface area contributed by atoms with Gasteiger partial charge in [-0.1, -0.05) is 13.0 Å². The Hall–Kier alpha value is -1.61. The Morgan fingerprint density at radius 3 is 2.95 bits per heavy atom. The third-order valence-electron chi connectivity index (χ3n) is 3.46. The predicted molar refractivity (Wildman–Crippen MR) is 79.5 cm³/mol. The van der Waals surface area contributed by atoms with Crippen molar-refractivity contribution in [1.29, 1.82) is 0 Å². The van der Waals surface area contributed by atoms with Crippen LogP contribution in [0.4, 0.5) is 0 Å². The van der Waals surface area contributed by atoms with E-state index in [1.54, 1.807) is 7.11 Å². The van der Waals surface area contributed by atoms with E-state index in [0.717, 1.165) is 42.5 Å². The van der Waals surface area contributed by atoms with Crippen LogP contribution in [-0.2, 0) is 6.42 Å². The Morgan fingerprint density at radius 2 is 2.21 bits per heavy atom. The van der Waals surface area contributed by atoms with Crippen LogP contribution in [0.15, 0.2) is 30.5 Å². The van der Waals surface area contributed by atoms with E-state index in [1.807, 2.05) is 18.3 Å². The zero-order valence-electron chi connectivity index (χ0n) is 11.7. The van der Waals surface area contributed by atoms with Gasteiger partial charge >= 0.3 is 0 Å². The fraction of sp³-hybridized carbons (Fsp3) is 0.438. The fourth-order valence-corrected chi connectivity index (χ4v) is 2.45. The van der Waals surface area contributed by atoms with Gasteiger partial charge in [-0.25, -0.2) is 0 Å². The lowest BCUT2D eigenvalue weighted by Gasteiger charge is -2.13. The molecule has 0 bridgehead atoms. The Kier molecular flexibility index (Phi) is 4.74. The molecule has 2 aromatic rings. The fourth-order valence-electron chi connectivity index (χ4n) is 2.45. The zero-order valence-corrected chi connectivity index (χ0v) is 11.7. The molecule has 0 fully saturated rings. The number of pyridine rings is 1. The zero-order chi connectivity index (χ0) is 13.7. The number of hydrogen-bond donors (Lipinski definition) is 1. The maximum Gasteiger partial charge on any atom is 0.119 e. The van der Waals surface area contributed by atoms with Crippen LogP contribution in [0.2, 0.25) is 0 Å². The highest BCUT2D eigenvalue weighted by molar-refractivity contribution is 5.83. The van der Waals surface area contributed by atoms with Crippen molar-refractivity contribution in [2.45, 2.75) is 26.2 Å². The maximum absolute atomic E-state index is 5.57. The smallest absolute Gasteiger partial charge is 0.119 e. The number of methoxy groups -OCH3 is 1. The highest BCUT2D eigenvalue weighted by atomic mass is 16.5. The molecular weight excluding hydrogens is 236 g/mol. The lowest BCUT2D eigenvalue weighted by molar-refractivity contribution is 0.414. The van der Waals surface area contributed by atoms with Crippen LogP contribution in [-0.4, -0.2) is 18.6 Å². The van der Waals surface area contributed by atoms with E-state index in [4.69, 9.17) is 10.5 Å². The van der Waals surface area contributed by atoms with E-state index in [1.165, 1.54) is 5.56 Å².